The van der Waals surface area contributed by atoms with E-state index in [-0.39, 0.29) is 0 Å². The third kappa shape index (κ3) is 2.44. The molecule has 0 spiro atoms. The molecule has 0 saturated carbocycles. The first-order valence-electron chi connectivity index (χ1n) is 5.93. The first-order chi connectivity index (χ1) is 7.29. The molecule has 15 heavy (non-hydrogen) atoms. The van der Waals surface area contributed by atoms with Crippen LogP contribution in [-0.4, -0.2) is 12.6 Å². The third-order valence-electron chi connectivity index (χ3n) is 3.07. The maximum absolute atomic E-state index is 3.51. The highest BCUT2D eigenvalue weighted by molar-refractivity contribution is 5.61. The maximum Gasteiger partial charge on any atom is 0.0374 e. The number of rotatable bonds is 3. The average Bonchev–Trinajstić information content (AvgIpc) is 2.29. The lowest BCUT2D eigenvalue weighted by Gasteiger charge is -2.20. The summed E-state index contributed by atoms with van der Waals surface area (Å²) in [4.78, 5) is 0. The minimum absolute atomic E-state index is 0.555. The molecule has 1 aliphatic heterocycles. The zero-order chi connectivity index (χ0) is 10.7. The predicted molar refractivity (Wildman–Crippen MR) is 66.6 cm³/mol. The van der Waals surface area contributed by atoms with Crippen molar-refractivity contribution in [1.29, 1.82) is 0 Å². The molecule has 1 unspecified atom stereocenters. The number of aryl methyl sites for hydroxylation is 1. The molecule has 1 aromatic rings. The van der Waals surface area contributed by atoms with Crippen LogP contribution in [0, 0.1) is 0 Å². The van der Waals surface area contributed by atoms with Gasteiger partial charge in [-0.05, 0) is 49.9 Å². The average molecular weight is 204 g/mol. The second-order valence-electron chi connectivity index (χ2n) is 4.36. The zero-order valence-electron chi connectivity index (χ0n) is 9.64. The van der Waals surface area contributed by atoms with Crippen molar-refractivity contribution in [1.82, 2.24) is 0 Å². The molecule has 0 fully saturated rings. The molecular weight excluding hydrogens is 184 g/mol. The van der Waals surface area contributed by atoms with E-state index >= 15 is 0 Å². The van der Waals surface area contributed by atoms with Crippen LogP contribution in [-0.2, 0) is 6.42 Å². The van der Waals surface area contributed by atoms with Gasteiger partial charge in [-0.3, -0.25) is 0 Å². The Morgan fingerprint density at radius 1 is 1.47 bits per heavy atom. The van der Waals surface area contributed by atoms with Gasteiger partial charge < -0.3 is 10.6 Å². The molecule has 2 heteroatoms. The number of anilines is 2. The molecule has 2 nitrogen and oxygen atoms in total. The lowest BCUT2D eigenvalue weighted by Crippen LogP contribution is -2.15. The van der Waals surface area contributed by atoms with Crippen LogP contribution in [0.1, 0.15) is 32.3 Å². The van der Waals surface area contributed by atoms with Gasteiger partial charge in [0, 0.05) is 24.0 Å². The fraction of sp³-hybridized carbons (Fsp3) is 0.538. The Morgan fingerprint density at radius 3 is 3.13 bits per heavy atom. The molecule has 1 aliphatic rings. The minimum atomic E-state index is 0.555. The van der Waals surface area contributed by atoms with E-state index in [0.717, 1.165) is 13.0 Å². The Morgan fingerprint density at radius 2 is 2.33 bits per heavy atom. The van der Waals surface area contributed by atoms with Crippen LogP contribution in [0.15, 0.2) is 18.2 Å². The second-order valence-corrected chi connectivity index (χ2v) is 4.36. The Kier molecular flexibility index (Phi) is 3.14. The molecule has 0 radical (unpaired) electrons. The summed E-state index contributed by atoms with van der Waals surface area (Å²) in [5.74, 6) is 0. The van der Waals surface area contributed by atoms with Crippen LogP contribution in [0.5, 0.6) is 0 Å². The van der Waals surface area contributed by atoms with Crippen molar-refractivity contribution in [2.75, 3.05) is 17.2 Å². The van der Waals surface area contributed by atoms with Crippen molar-refractivity contribution in [3.8, 4) is 0 Å². The van der Waals surface area contributed by atoms with E-state index in [1.807, 2.05) is 0 Å². The second kappa shape index (κ2) is 4.56. The van der Waals surface area contributed by atoms with Gasteiger partial charge in [-0.2, -0.15) is 0 Å². The number of hydrogen-bond donors (Lipinski definition) is 2. The Balaban J connectivity index is 2.13. The summed E-state index contributed by atoms with van der Waals surface area (Å²) in [6.45, 7) is 5.54. The van der Waals surface area contributed by atoms with E-state index in [9.17, 15) is 0 Å². The smallest absolute Gasteiger partial charge is 0.0374 e. The first-order valence-corrected chi connectivity index (χ1v) is 5.93. The molecule has 2 N–H and O–H groups in total. The fourth-order valence-corrected chi connectivity index (χ4v) is 1.95. The molecule has 1 atom stereocenters. The Hall–Kier alpha value is -1.18. The Labute approximate surface area is 92.1 Å². The summed E-state index contributed by atoms with van der Waals surface area (Å²) in [5, 5.41) is 6.94. The van der Waals surface area contributed by atoms with Gasteiger partial charge in [0.05, 0.1) is 0 Å². The summed E-state index contributed by atoms with van der Waals surface area (Å²) >= 11 is 0. The van der Waals surface area contributed by atoms with E-state index < -0.39 is 0 Å². The number of hydrogen-bond acceptors (Lipinski definition) is 2. The fourth-order valence-electron chi connectivity index (χ4n) is 1.95. The normalized spacial score (nSPS) is 16.4. The van der Waals surface area contributed by atoms with Crippen molar-refractivity contribution in [3.05, 3.63) is 23.8 Å². The summed E-state index contributed by atoms with van der Waals surface area (Å²) in [6.07, 6.45) is 3.62. The van der Waals surface area contributed by atoms with Crippen LogP contribution in [0.25, 0.3) is 0 Å². The highest BCUT2D eigenvalue weighted by Crippen LogP contribution is 2.25. The lowest BCUT2D eigenvalue weighted by atomic mass is 10.0. The SMILES string of the molecule is CCC(C)Nc1ccc2c(c1)CCCN2. The van der Waals surface area contributed by atoms with Gasteiger partial charge in [-0.25, -0.2) is 0 Å². The van der Waals surface area contributed by atoms with E-state index in [1.165, 1.54) is 29.8 Å². The van der Waals surface area contributed by atoms with E-state index in [2.05, 4.69) is 42.7 Å². The van der Waals surface area contributed by atoms with Gasteiger partial charge in [0.1, 0.15) is 0 Å². The molecule has 0 aliphatic carbocycles. The first kappa shape index (κ1) is 10.3. The minimum Gasteiger partial charge on any atom is -0.385 e. The van der Waals surface area contributed by atoms with Crippen molar-refractivity contribution in [2.45, 2.75) is 39.2 Å². The van der Waals surface area contributed by atoms with Crippen molar-refractivity contribution < 1.29 is 0 Å². The van der Waals surface area contributed by atoms with Crippen LogP contribution in [0.4, 0.5) is 11.4 Å². The van der Waals surface area contributed by atoms with Gasteiger partial charge in [0.25, 0.3) is 0 Å². The third-order valence-corrected chi connectivity index (χ3v) is 3.07. The van der Waals surface area contributed by atoms with Crippen LogP contribution in [0.2, 0.25) is 0 Å². The number of nitrogens with one attached hydrogen (secondary N) is 2. The summed E-state index contributed by atoms with van der Waals surface area (Å²) in [6, 6.07) is 7.20. The summed E-state index contributed by atoms with van der Waals surface area (Å²) < 4.78 is 0. The van der Waals surface area contributed by atoms with E-state index in [4.69, 9.17) is 0 Å². The molecule has 0 saturated heterocycles. The molecule has 0 amide bonds. The summed E-state index contributed by atoms with van der Waals surface area (Å²) in [5.41, 5.74) is 4.03. The predicted octanol–water partition coefficient (Wildman–Crippen LogP) is 3.26. The largest absolute Gasteiger partial charge is 0.385 e. The van der Waals surface area contributed by atoms with Crippen LogP contribution in [0.3, 0.4) is 0 Å². The topological polar surface area (TPSA) is 24.1 Å². The van der Waals surface area contributed by atoms with Gasteiger partial charge in [-0.1, -0.05) is 6.92 Å². The van der Waals surface area contributed by atoms with Gasteiger partial charge in [-0.15, -0.1) is 0 Å². The zero-order valence-corrected chi connectivity index (χ0v) is 9.64. The van der Waals surface area contributed by atoms with Gasteiger partial charge in [0.2, 0.25) is 0 Å². The summed E-state index contributed by atoms with van der Waals surface area (Å²) in [7, 11) is 0. The van der Waals surface area contributed by atoms with E-state index in [0.29, 0.717) is 6.04 Å². The van der Waals surface area contributed by atoms with Crippen molar-refractivity contribution in [2.24, 2.45) is 0 Å². The van der Waals surface area contributed by atoms with Crippen molar-refractivity contribution in [3.63, 3.8) is 0 Å². The molecule has 1 aromatic carbocycles. The molecule has 2 rings (SSSR count). The van der Waals surface area contributed by atoms with Crippen LogP contribution < -0.4 is 10.6 Å². The highest BCUT2D eigenvalue weighted by atomic mass is 14.9. The Bertz CT molecular complexity index is 333. The standard InChI is InChI=1S/C13H20N2/c1-3-10(2)15-12-6-7-13-11(9-12)5-4-8-14-13/h6-7,9-10,14-15H,3-5,8H2,1-2H3. The van der Waals surface area contributed by atoms with E-state index in [1.54, 1.807) is 0 Å². The molecular formula is C13H20N2. The van der Waals surface area contributed by atoms with Crippen molar-refractivity contribution >= 4 is 11.4 Å². The number of benzene rings is 1. The van der Waals surface area contributed by atoms with Gasteiger partial charge >= 0.3 is 0 Å². The monoisotopic (exact) mass is 204 g/mol. The number of fused-ring (bicyclic) bond motifs is 1. The van der Waals surface area contributed by atoms with Crippen LogP contribution >= 0.6 is 0 Å². The van der Waals surface area contributed by atoms with Gasteiger partial charge in [0.15, 0.2) is 0 Å². The molecule has 1 heterocycles. The quantitative estimate of drug-likeness (QED) is 0.789. The maximum atomic E-state index is 3.51. The highest BCUT2D eigenvalue weighted by Gasteiger charge is 2.09. The molecule has 0 aromatic heterocycles. The lowest BCUT2D eigenvalue weighted by molar-refractivity contribution is 0.763. The molecule has 0 bridgehead atoms. The molecule has 82 valence electrons.